The fourth-order valence-electron chi connectivity index (χ4n) is 4.06. The minimum Gasteiger partial charge on any atom is -0.454 e. The van der Waals surface area contributed by atoms with Crippen molar-refractivity contribution in [3.8, 4) is 11.3 Å². The highest BCUT2D eigenvalue weighted by atomic mass is 19.1. The van der Waals surface area contributed by atoms with Crippen molar-refractivity contribution in [1.82, 2.24) is 10.1 Å². The quantitative estimate of drug-likeness (QED) is 0.300. The molecule has 9 heteroatoms. The minimum atomic E-state index is -0.736. The van der Waals surface area contributed by atoms with Crippen molar-refractivity contribution in [3.63, 3.8) is 0 Å². The van der Waals surface area contributed by atoms with Gasteiger partial charge < -0.3 is 14.2 Å². The fraction of sp³-hybridized carbons (Fsp3) is 0.192. The van der Waals surface area contributed by atoms with E-state index in [1.165, 1.54) is 30.3 Å². The van der Waals surface area contributed by atoms with Gasteiger partial charge in [-0.2, -0.15) is 0 Å². The Morgan fingerprint density at radius 2 is 1.86 bits per heavy atom. The Hall–Kier alpha value is -4.40. The molecule has 5 rings (SSSR count). The summed E-state index contributed by atoms with van der Waals surface area (Å²) in [5.74, 6) is -1.46. The lowest BCUT2D eigenvalue weighted by molar-refractivity contribution is -0.117. The van der Waals surface area contributed by atoms with Crippen molar-refractivity contribution in [2.24, 2.45) is 0 Å². The standard InChI is InChI=1S/C26H20FN3O5/c1-15-24-20(13-21(28-25(24)35-29-15)16-4-8-18(27)9-5-16)26(33)34-14-22(31)17-6-10-19(11-7-17)30-12-2-3-23(30)32/h4-11,13H,2-3,12,14H2,1H3. The largest absolute Gasteiger partial charge is 0.454 e. The zero-order chi connectivity index (χ0) is 24.5. The van der Waals surface area contributed by atoms with Crippen LogP contribution in [0.5, 0.6) is 0 Å². The van der Waals surface area contributed by atoms with E-state index in [9.17, 15) is 18.8 Å². The number of esters is 1. The number of amides is 1. The molecule has 2 aromatic carbocycles. The number of aromatic nitrogens is 2. The summed E-state index contributed by atoms with van der Waals surface area (Å²) in [7, 11) is 0. The number of hydrogen-bond donors (Lipinski definition) is 0. The number of pyridine rings is 1. The molecule has 0 bridgehead atoms. The van der Waals surface area contributed by atoms with E-state index in [1.54, 1.807) is 36.1 Å². The predicted octanol–water partition coefficient (Wildman–Crippen LogP) is 4.50. The SMILES string of the molecule is Cc1noc2nc(-c3ccc(F)cc3)cc(C(=O)OCC(=O)c3ccc(N4CCCC4=O)cc3)c12. The summed E-state index contributed by atoms with van der Waals surface area (Å²) in [6.07, 6.45) is 1.33. The Balaban J connectivity index is 1.34. The summed E-state index contributed by atoms with van der Waals surface area (Å²) >= 11 is 0. The summed E-state index contributed by atoms with van der Waals surface area (Å²) < 4.78 is 23.9. The predicted molar refractivity (Wildman–Crippen MR) is 125 cm³/mol. The van der Waals surface area contributed by atoms with E-state index in [0.29, 0.717) is 40.9 Å². The number of halogens is 1. The second-order valence-corrected chi connectivity index (χ2v) is 8.21. The van der Waals surface area contributed by atoms with Gasteiger partial charge in [0.15, 0.2) is 12.4 Å². The van der Waals surface area contributed by atoms with Crippen LogP contribution in [0.2, 0.25) is 0 Å². The van der Waals surface area contributed by atoms with E-state index in [4.69, 9.17) is 9.26 Å². The average molecular weight is 473 g/mol. The molecule has 1 fully saturated rings. The average Bonchev–Trinajstić information content (AvgIpc) is 3.47. The van der Waals surface area contributed by atoms with Crippen LogP contribution in [0.15, 0.2) is 59.1 Å². The Labute approximate surface area is 199 Å². The number of ether oxygens (including phenoxy) is 1. The molecule has 2 aromatic heterocycles. The first-order chi connectivity index (χ1) is 16.9. The van der Waals surface area contributed by atoms with E-state index in [1.807, 2.05) is 0 Å². The molecule has 0 N–H and O–H groups in total. The highest BCUT2D eigenvalue weighted by Crippen LogP contribution is 2.28. The van der Waals surface area contributed by atoms with E-state index in [0.717, 1.165) is 12.1 Å². The third-order valence-electron chi connectivity index (χ3n) is 5.89. The molecule has 8 nitrogen and oxygen atoms in total. The second kappa shape index (κ2) is 9.09. The van der Waals surface area contributed by atoms with Crippen molar-refractivity contribution < 1.29 is 28.0 Å². The van der Waals surface area contributed by atoms with E-state index in [2.05, 4.69) is 10.1 Å². The van der Waals surface area contributed by atoms with Gasteiger partial charge in [0.2, 0.25) is 5.91 Å². The summed E-state index contributed by atoms with van der Waals surface area (Å²) in [5.41, 5.74) is 2.77. The maximum atomic E-state index is 13.3. The molecule has 0 radical (unpaired) electrons. The van der Waals surface area contributed by atoms with Gasteiger partial charge >= 0.3 is 5.97 Å². The van der Waals surface area contributed by atoms with Gasteiger partial charge in [-0.05, 0) is 67.9 Å². The molecule has 3 heterocycles. The molecule has 0 aliphatic carbocycles. The van der Waals surface area contributed by atoms with Crippen LogP contribution in [-0.2, 0) is 9.53 Å². The molecule has 1 aliphatic rings. The van der Waals surface area contributed by atoms with Crippen LogP contribution in [0.1, 0.15) is 39.3 Å². The number of rotatable bonds is 6. The number of nitrogens with zero attached hydrogens (tertiary/aromatic N) is 3. The molecule has 4 aromatic rings. The van der Waals surface area contributed by atoms with E-state index in [-0.39, 0.29) is 23.0 Å². The first-order valence-electron chi connectivity index (χ1n) is 11.0. The first kappa shape index (κ1) is 22.4. The second-order valence-electron chi connectivity index (χ2n) is 8.21. The molecular formula is C26H20FN3O5. The van der Waals surface area contributed by atoms with Crippen LogP contribution in [0.25, 0.3) is 22.4 Å². The number of Topliss-reactive ketones (excluding diaryl/α,β-unsaturated/α-hetero) is 1. The number of fused-ring (bicyclic) bond motifs is 1. The maximum absolute atomic E-state index is 13.3. The number of carbonyl (C=O) groups is 3. The Morgan fingerprint density at radius 3 is 2.54 bits per heavy atom. The maximum Gasteiger partial charge on any atom is 0.339 e. The molecule has 35 heavy (non-hydrogen) atoms. The lowest BCUT2D eigenvalue weighted by atomic mass is 10.1. The smallest absolute Gasteiger partial charge is 0.339 e. The lowest BCUT2D eigenvalue weighted by Gasteiger charge is -2.15. The molecule has 0 unspecified atom stereocenters. The molecule has 0 saturated carbocycles. The van der Waals surface area contributed by atoms with Gasteiger partial charge in [-0.3, -0.25) is 9.59 Å². The third-order valence-corrected chi connectivity index (χ3v) is 5.89. The third kappa shape index (κ3) is 4.40. The number of benzene rings is 2. The highest BCUT2D eigenvalue weighted by molar-refractivity contribution is 6.06. The Morgan fingerprint density at radius 1 is 1.11 bits per heavy atom. The number of anilines is 1. The summed E-state index contributed by atoms with van der Waals surface area (Å²) in [5, 5.41) is 4.26. The zero-order valence-electron chi connectivity index (χ0n) is 18.8. The van der Waals surface area contributed by atoms with Gasteiger partial charge in [0.05, 0.1) is 22.3 Å². The van der Waals surface area contributed by atoms with E-state index < -0.39 is 18.4 Å². The molecule has 176 valence electrons. The normalized spacial score (nSPS) is 13.4. The molecule has 1 amide bonds. The molecule has 1 saturated heterocycles. The van der Waals surface area contributed by atoms with Crippen molar-refractivity contribution in [3.05, 3.63) is 77.2 Å². The topological polar surface area (TPSA) is 103 Å². The van der Waals surface area contributed by atoms with Crippen molar-refractivity contribution in [2.45, 2.75) is 19.8 Å². The monoisotopic (exact) mass is 473 g/mol. The van der Waals surface area contributed by atoms with Crippen molar-refractivity contribution >= 4 is 34.4 Å². The minimum absolute atomic E-state index is 0.0608. The molecular weight excluding hydrogens is 453 g/mol. The van der Waals surface area contributed by atoms with Gasteiger partial charge in [0.1, 0.15) is 5.82 Å². The summed E-state index contributed by atoms with van der Waals surface area (Å²) in [6, 6.07) is 13.8. The van der Waals surface area contributed by atoms with Crippen LogP contribution in [0, 0.1) is 12.7 Å². The van der Waals surface area contributed by atoms with Crippen LogP contribution >= 0.6 is 0 Å². The van der Waals surface area contributed by atoms with Gasteiger partial charge in [-0.1, -0.05) is 5.16 Å². The zero-order valence-corrected chi connectivity index (χ0v) is 18.8. The van der Waals surface area contributed by atoms with Crippen LogP contribution in [-0.4, -0.2) is 41.0 Å². The number of hydrogen-bond acceptors (Lipinski definition) is 7. The van der Waals surface area contributed by atoms with Crippen molar-refractivity contribution in [1.29, 1.82) is 0 Å². The fourth-order valence-corrected chi connectivity index (χ4v) is 4.06. The van der Waals surface area contributed by atoms with Crippen LogP contribution in [0.3, 0.4) is 0 Å². The molecule has 0 atom stereocenters. The first-order valence-corrected chi connectivity index (χ1v) is 11.0. The number of aryl methyl sites for hydroxylation is 1. The number of ketones is 1. The molecule has 0 spiro atoms. The van der Waals surface area contributed by atoms with Gasteiger partial charge in [0.25, 0.3) is 5.71 Å². The summed E-state index contributed by atoms with van der Waals surface area (Å²) in [6.45, 7) is 1.85. The van der Waals surface area contributed by atoms with Crippen LogP contribution in [0.4, 0.5) is 10.1 Å². The highest BCUT2D eigenvalue weighted by Gasteiger charge is 2.23. The van der Waals surface area contributed by atoms with Gasteiger partial charge in [-0.25, -0.2) is 14.2 Å². The lowest BCUT2D eigenvalue weighted by Crippen LogP contribution is -2.23. The Kier molecular flexibility index (Phi) is 5.82. The van der Waals surface area contributed by atoms with Gasteiger partial charge in [-0.15, -0.1) is 0 Å². The van der Waals surface area contributed by atoms with Gasteiger partial charge in [0, 0.05) is 29.8 Å². The van der Waals surface area contributed by atoms with E-state index >= 15 is 0 Å². The molecule has 1 aliphatic heterocycles. The van der Waals surface area contributed by atoms with Crippen LogP contribution < -0.4 is 4.90 Å². The van der Waals surface area contributed by atoms with Crippen molar-refractivity contribution in [2.75, 3.05) is 18.1 Å². The number of carbonyl (C=O) groups excluding carboxylic acids is 3. The summed E-state index contributed by atoms with van der Waals surface area (Å²) in [4.78, 5) is 43.6. The Bertz CT molecular complexity index is 1440.